The van der Waals surface area contributed by atoms with Crippen molar-refractivity contribution < 1.29 is 0 Å². The van der Waals surface area contributed by atoms with Crippen molar-refractivity contribution in [1.29, 1.82) is 0 Å². The van der Waals surface area contributed by atoms with Gasteiger partial charge in [-0.3, -0.25) is 0 Å². The van der Waals surface area contributed by atoms with Crippen molar-refractivity contribution in [2.75, 3.05) is 0 Å². The van der Waals surface area contributed by atoms with Crippen LogP contribution >= 0.6 is 0 Å². The van der Waals surface area contributed by atoms with E-state index >= 15 is 0 Å². The van der Waals surface area contributed by atoms with Crippen molar-refractivity contribution in [3.05, 3.63) is 376 Å². The van der Waals surface area contributed by atoms with Crippen molar-refractivity contribution in [3.63, 3.8) is 0 Å². The lowest BCUT2D eigenvalue weighted by molar-refractivity contribution is 1.16. The molecule has 0 bridgehead atoms. The second kappa shape index (κ2) is 24.7. The fourth-order valence-corrected chi connectivity index (χ4v) is 16.2. The van der Waals surface area contributed by atoms with E-state index in [-0.39, 0.29) is 0 Å². The first-order chi connectivity index (χ1) is 52.5. The van der Waals surface area contributed by atoms with E-state index in [1.807, 2.05) is 0 Å². The second-order valence-corrected chi connectivity index (χ2v) is 27.3. The molecule has 6 aromatic heterocycles. The first kappa shape index (κ1) is 60.4. The Hall–Kier alpha value is -14.3. The summed E-state index contributed by atoms with van der Waals surface area (Å²) in [6, 6.07) is 135. The average molecular weight is 1350 g/mol. The molecule has 8 heteroatoms. The smallest absolute Gasteiger partial charge is 0.160 e. The lowest BCUT2D eigenvalue weighted by Crippen LogP contribution is -1.98. The molecule has 0 fully saturated rings. The summed E-state index contributed by atoms with van der Waals surface area (Å²) in [5.74, 6) is 1.30. The predicted molar refractivity (Wildman–Crippen MR) is 438 cm³/mol. The largest absolute Gasteiger partial charge is 0.309 e. The van der Waals surface area contributed by atoms with Crippen LogP contribution in [0.25, 0.3) is 200 Å². The molecule has 0 saturated carbocycles. The minimum absolute atomic E-state index is 0.650. The van der Waals surface area contributed by atoms with Gasteiger partial charge < -0.3 is 18.3 Å². The van der Waals surface area contributed by atoms with Crippen LogP contribution in [0.4, 0.5) is 0 Å². The van der Waals surface area contributed by atoms with E-state index in [1.54, 1.807) is 0 Å². The normalized spacial score (nSPS) is 11.8. The van der Waals surface area contributed by atoms with Gasteiger partial charge in [0.1, 0.15) is 0 Å². The molecule has 0 unspecified atom stereocenters. The Morgan fingerprint density at radius 1 is 0.142 bits per heavy atom. The summed E-state index contributed by atoms with van der Waals surface area (Å²) in [5, 5.41) is 9.84. The second-order valence-electron chi connectivity index (χ2n) is 27.3. The Labute approximate surface area is 610 Å². The van der Waals surface area contributed by atoms with Gasteiger partial charge in [0.05, 0.1) is 66.9 Å². The summed E-state index contributed by atoms with van der Waals surface area (Å²) in [5.41, 5.74) is 27.3. The van der Waals surface area contributed by atoms with Crippen LogP contribution in [-0.2, 0) is 0 Å². The molecule has 8 nitrogen and oxygen atoms in total. The molecular weight excluding hydrogens is 1290 g/mol. The maximum Gasteiger partial charge on any atom is 0.160 e. The van der Waals surface area contributed by atoms with Gasteiger partial charge in [-0.25, -0.2) is 19.9 Å². The minimum Gasteiger partial charge on any atom is -0.309 e. The molecule has 0 spiro atoms. The van der Waals surface area contributed by atoms with Crippen molar-refractivity contribution in [3.8, 4) is 113 Å². The number of para-hydroxylation sites is 8. The van der Waals surface area contributed by atoms with E-state index < -0.39 is 0 Å². The van der Waals surface area contributed by atoms with Gasteiger partial charge in [-0.15, -0.1) is 0 Å². The average Bonchev–Trinajstić information content (AvgIpc) is 1.57. The Balaban J connectivity index is 0.606. The Morgan fingerprint density at radius 2 is 0.340 bits per heavy atom. The van der Waals surface area contributed by atoms with Gasteiger partial charge in [0.25, 0.3) is 0 Å². The Bertz CT molecular complexity index is 6460. The number of hydrogen-bond donors (Lipinski definition) is 0. The van der Waals surface area contributed by atoms with Crippen molar-refractivity contribution in [2.24, 2.45) is 0 Å². The van der Waals surface area contributed by atoms with Crippen molar-refractivity contribution in [2.45, 2.75) is 0 Å². The third-order valence-corrected chi connectivity index (χ3v) is 21.3. The summed E-state index contributed by atoms with van der Waals surface area (Å²) in [6.45, 7) is 0. The van der Waals surface area contributed by atoms with Crippen LogP contribution in [0.5, 0.6) is 0 Å². The molecule has 494 valence electrons. The zero-order valence-electron chi connectivity index (χ0n) is 57.4. The summed E-state index contributed by atoms with van der Waals surface area (Å²) in [6.07, 6.45) is 0. The molecule has 0 saturated heterocycles. The molecule has 6 heterocycles. The molecule has 0 N–H and O–H groups in total. The topological polar surface area (TPSA) is 71.3 Å². The number of benzene rings is 15. The molecule has 0 amide bonds. The monoisotopic (exact) mass is 1350 g/mol. The quantitative estimate of drug-likeness (QED) is 0.122. The van der Waals surface area contributed by atoms with E-state index in [9.17, 15) is 0 Å². The number of fused-ring (bicyclic) bond motifs is 12. The molecule has 0 aliphatic carbocycles. The molecule has 15 aromatic carbocycles. The van der Waals surface area contributed by atoms with E-state index in [0.29, 0.717) is 11.6 Å². The Kier molecular flexibility index (Phi) is 14.1. The SMILES string of the molecule is c1cc(-c2ccc(-c3ccc(-c4cc(-c5ccc(-n6c7ccccc7c7ccccc76)cc5)nc(-c5ccc(-n6c7ccccc7c7ccccc76)cc5)n4)cc3)cc2)cc(-c2cc(-c3ccc(-n4c5ccccc5c5ccccc54)cc3)nc(-c3ccc(-n4c5ccccc5c5ccccc54)cc3)n2)c1. The molecule has 0 aliphatic rings. The molecule has 0 aliphatic heterocycles. The molecular formula is C98H62N8. The molecule has 21 rings (SSSR count). The zero-order valence-corrected chi connectivity index (χ0v) is 57.4. The van der Waals surface area contributed by atoms with Gasteiger partial charge >= 0.3 is 0 Å². The van der Waals surface area contributed by atoms with Crippen LogP contribution in [0.3, 0.4) is 0 Å². The maximum atomic E-state index is 5.40. The van der Waals surface area contributed by atoms with Crippen LogP contribution in [0.2, 0.25) is 0 Å². The Morgan fingerprint density at radius 3 is 0.604 bits per heavy atom. The number of rotatable bonds is 12. The van der Waals surface area contributed by atoms with Gasteiger partial charge in [0.2, 0.25) is 0 Å². The third-order valence-electron chi connectivity index (χ3n) is 21.3. The lowest BCUT2D eigenvalue weighted by atomic mass is 9.97. The van der Waals surface area contributed by atoms with Gasteiger partial charge in [-0.05, 0) is 162 Å². The van der Waals surface area contributed by atoms with Crippen LogP contribution in [0.15, 0.2) is 376 Å². The van der Waals surface area contributed by atoms with E-state index in [1.165, 1.54) is 87.2 Å². The standard InChI is InChI=1S/C98H62N8/c1-9-28-89-77(20-1)78-21-2-10-29-90(78)103(89)73-52-44-67(45-53-73)86-61-85(99-97(100-86)69-48-56-75(57-49-69)105-93-32-13-5-24-81(93)82-25-6-14-33-94(82)105)66-42-40-64(41-43-66)63-36-38-65(39-37-63)71-18-17-19-72(60-71)88-62-87(68-46-54-74(55-47-68)104-91-30-11-3-22-79(91)80-23-4-12-31-92(80)104)101-98(102-88)70-50-58-76(59-51-70)106-95-34-15-7-26-83(95)84-27-8-16-35-96(84)106/h1-62H. The molecule has 0 atom stereocenters. The summed E-state index contributed by atoms with van der Waals surface area (Å²) < 4.78 is 9.40. The first-order valence-corrected chi connectivity index (χ1v) is 36.0. The van der Waals surface area contributed by atoms with Gasteiger partial charge in [0.15, 0.2) is 11.6 Å². The highest BCUT2D eigenvalue weighted by molar-refractivity contribution is 6.12. The van der Waals surface area contributed by atoms with Crippen LogP contribution in [0.1, 0.15) is 0 Å². The van der Waals surface area contributed by atoms with Crippen LogP contribution < -0.4 is 0 Å². The van der Waals surface area contributed by atoms with E-state index in [4.69, 9.17) is 19.9 Å². The first-order valence-electron chi connectivity index (χ1n) is 36.0. The summed E-state index contributed by atoms with van der Waals surface area (Å²) in [7, 11) is 0. The van der Waals surface area contributed by atoms with Crippen LogP contribution in [0, 0.1) is 0 Å². The fraction of sp³-hybridized carbons (Fsp3) is 0. The van der Waals surface area contributed by atoms with Crippen LogP contribution in [-0.4, -0.2) is 38.2 Å². The van der Waals surface area contributed by atoms with Gasteiger partial charge in [0, 0.05) is 99.2 Å². The summed E-state index contributed by atoms with van der Waals surface area (Å²) in [4.78, 5) is 21.5. The van der Waals surface area contributed by atoms with Crippen molar-refractivity contribution >= 4 is 87.2 Å². The van der Waals surface area contributed by atoms with E-state index in [0.717, 1.165) is 101 Å². The zero-order chi connectivity index (χ0) is 69.8. The highest BCUT2D eigenvalue weighted by Gasteiger charge is 2.20. The van der Waals surface area contributed by atoms with Gasteiger partial charge in [-0.2, -0.15) is 0 Å². The number of nitrogens with zero attached hydrogens (tertiary/aromatic N) is 8. The fourth-order valence-electron chi connectivity index (χ4n) is 16.2. The minimum atomic E-state index is 0.650. The molecule has 21 aromatic rings. The van der Waals surface area contributed by atoms with E-state index in [2.05, 4.69) is 394 Å². The lowest BCUT2D eigenvalue weighted by Gasteiger charge is -2.13. The van der Waals surface area contributed by atoms with Gasteiger partial charge in [-0.1, -0.05) is 237 Å². The third kappa shape index (κ3) is 10.1. The molecule has 106 heavy (non-hydrogen) atoms. The molecule has 0 radical (unpaired) electrons. The maximum absolute atomic E-state index is 5.40. The highest BCUT2D eigenvalue weighted by Crippen LogP contribution is 2.40. The number of hydrogen-bond acceptors (Lipinski definition) is 4. The highest BCUT2D eigenvalue weighted by atomic mass is 15.0. The predicted octanol–water partition coefficient (Wildman–Crippen LogP) is 25.0. The number of aromatic nitrogens is 8. The summed E-state index contributed by atoms with van der Waals surface area (Å²) >= 11 is 0. The van der Waals surface area contributed by atoms with Crippen molar-refractivity contribution in [1.82, 2.24) is 38.2 Å².